The van der Waals surface area contributed by atoms with Gasteiger partial charge in [0.2, 0.25) is 0 Å². The van der Waals surface area contributed by atoms with Crippen molar-refractivity contribution in [3.63, 3.8) is 0 Å². The maximum atomic E-state index is 10.9. The zero-order valence-corrected chi connectivity index (χ0v) is 10.4. The minimum atomic E-state index is -0.807. The molecule has 0 aliphatic carbocycles. The van der Waals surface area contributed by atoms with Crippen molar-refractivity contribution in [1.82, 2.24) is 0 Å². The topological polar surface area (TPSA) is 58.6 Å². The Morgan fingerprint density at radius 2 is 2.06 bits per heavy atom. The fourth-order valence-corrected chi connectivity index (χ4v) is 1.45. The number of carboxylic acids is 1. The quantitative estimate of drug-likeness (QED) is 0.798. The molecule has 2 N–H and O–H groups in total. The van der Waals surface area contributed by atoms with E-state index in [1.165, 1.54) is 0 Å². The van der Waals surface area contributed by atoms with E-state index >= 15 is 0 Å². The van der Waals surface area contributed by atoms with E-state index in [-0.39, 0.29) is 6.04 Å². The summed E-state index contributed by atoms with van der Waals surface area (Å²) in [5.74, 6) is -0.511. The molecule has 0 radical (unpaired) electrons. The van der Waals surface area contributed by atoms with Crippen LogP contribution < -0.4 is 10.1 Å². The van der Waals surface area contributed by atoms with E-state index in [2.05, 4.69) is 5.32 Å². The summed E-state index contributed by atoms with van der Waals surface area (Å²) in [5, 5.41) is 12.1. The number of rotatable bonds is 6. The Bertz CT molecular complexity index is 379. The molecule has 2 unspecified atom stereocenters. The lowest BCUT2D eigenvalue weighted by Gasteiger charge is -2.20. The zero-order valence-electron chi connectivity index (χ0n) is 10.4. The molecule has 0 bridgehead atoms. The number of benzene rings is 1. The molecular weight excluding hydrogens is 218 g/mol. The maximum Gasteiger partial charge on any atom is 0.308 e. The first kappa shape index (κ1) is 13.4. The normalized spacial score (nSPS) is 13.8. The molecule has 0 saturated carbocycles. The molecule has 4 heteroatoms. The van der Waals surface area contributed by atoms with Gasteiger partial charge in [-0.15, -0.1) is 0 Å². The summed E-state index contributed by atoms with van der Waals surface area (Å²) >= 11 is 0. The Morgan fingerprint density at radius 1 is 1.41 bits per heavy atom. The van der Waals surface area contributed by atoms with Gasteiger partial charge in [0.25, 0.3) is 0 Å². The highest BCUT2D eigenvalue weighted by molar-refractivity contribution is 5.71. The zero-order chi connectivity index (χ0) is 12.8. The fraction of sp³-hybridized carbons (Fsp3) is 0.462. The minimum absolute atomic E-state index is 0.158. The second-order valence-corrected chi connectivity index (χ2v) is 3.99. The number of ether oxygens (including phenoxy) is 1. The average Bonchev–Trinajstić information content (AvgIpc) is 2.30. The molecular formula is C13H19NO3. The molecule has 94 valence electrons. The molecule has 2 atom stereocenters. The van der Waals surface area contributed by atoms with Gasteiger partial charge < -0.3 is 15.2 Å². The third kappa shape index (κ3) is 3.66. The molecule has 0 fully saturated rings. The van der Waals surface area contributed by atoms with Crippen LogP contribution in [-0.4, -0.2) is 23.7 Å². The van der Waals surface area contributed by atoms with Crippen molar-refractivity contribution in [1.29, 1.82) is 0 Å². The summed E-state index contributed by atoms with van der Waals surface area (Å²) in [7, 11) is 0. The van der Waals surface area contributed by atoms with Crippen LogP contribution in [0, 0.1) is 5.92 Å². The molecule has 1 aromatic carbocycles. The van der Waals surface area contributed by atoms with Crippen LogP contribution in [0.25, 0.3) is 0 Å². The number of para-hydroxylation sites is 2. The van der Waals surface area contributed by atoms with E-state index < -0.39 is 11.9 Å². The molecule has 0 aliphatic heterocycles. The van der Waals surface area contributed by atoms with Crippen LogP contribution in [0.2, 0.25) is 0 Å². The van der Waals surface area contributed by atoms with Gasteiger partial charge in [-0.2, -0.15) is 0 Å². The van der Waals surface area contributed by atoms with E-state index in [0.29, 0.717) is 6.61 Å². The second-order valence-electron chi connectivity index (χ2n) is 3.99. The van der Waals surface area contributed by atoms with Crippen molar-refractivity contribution in [2.45, 2.75) is 26.8 Å². The van der Waals surface area contributed by atoms with Crippen LogP contribution >= 0.6 is 0 Å². The summed E-state index contributed by atoms with van der Waals surface area (Å²) < 4.78 is 5.47. The predicted molar refractivity (Wildman–Crippen MR) is 67.5 cm³/mol. The van der Waals surface area contributed by atoms with Crippen LogP contribution in [0.3, 0.4) is 0 Å². The maximum absolute atomic E-state index is 10.9. The monoisotopic (exact) mass is 237 g/mol. The SMILES string of the molecule is CCOc1ccccc1NC(C)C(C)C(=O)O. The molecule has 17 heavy (non-hydrogen) atoms. The van der Waals surface area contributed by atoms with Crippen molar-refractivity contribution < 1.29 is 14.6 Å². The van der Waals surface area contributed by atoms with Gasteiger partial charge in [-0.05, 0) is 32.9 Å². The van der Waals surface area contributed by atoms with Crippen LogP contribution in [-0.2, 0) is 4.79 Å². The van der Waals surface area contributed by atoms with E-state index in [1.807, 2.05) is 38.1 Å². The summed E-state index contributed by atoms with van der Waals surface area (Å²) in [4.78, 5) is 10.9. The lowest BCUT2D eigenvalue weighted by Crippen LogP contribution is -2.29. The number of aliphatic carboxylic acids is 1. The van der Waals surface area contributed by atoms with Crippen molar-refractivity contribution in [2.75, 3.05) is 11.9 Å². The van der Waals surface area contributed by atoms with Gasteiger partial charge in [-0.3, -0.25) is 4.79 Å². The Labute approximate surface area is 102 Å². The first-order chi connectivity index (χ1) is 8.06. The Balaban J connectivity index is 2.76. The van der Waals surface area contributed by atoms with Gasteiger partial charge >= 0.3 is 5.97 Å². The first-order valence-electron chi connectivity index (χ1n) is 5.77. The van der Waals surface area contributed by atoms with Crippen molar-refractivity contribution in [2.24, 2.45) is 5.92 Å². The van der Waals surface area contributed by atoms with Gasteiger partial charge in [0, 0.05) is 6.04 Å². The van der Waals surface area contributed by atoms with Gasteiger partial charge in [0.05, 0.1) is 18.2 Å². The fourth-order valence-electron chi connectivity index (χ4n) is 1.45. The molecule has 1 aromatic rings. The predicted octanol–water partition coefficient (Wildman–Crippen LogP) is 2.61. The van der Waals surface area contributed by atoms with Crippen molar-refractivity contribution >= 4 is 11.7 Å². The largest absolute Gasteiger partial charge is 0.492 e. The molecule has 0 spiro atoms. The molecule has 0 saturated heterocycles. The van der Waals surface area contributed by atoms with E-state index in [0.717, 1.165) is 11.4 Å². The van der Waals surface area contributed by atoms with E-state index in [4.69, 9.17) is 9.84 Å². The molecule has 0 aliphatic rings. The summed E-state index contributed by atoms with van der Waals surface area (Å²) in [6.07, 6.45) is 0. The molecule has 0 amide bonds. The third-order valence-electron chi connectivity index (χ3n) is 2.71. The number of hydrogen-bond acceptors (Lipinski definition) is 3. The molecule has 4 nitrogen and oxygen atoms in total. The smallest absolute Gasteiger partial charge is 0.308 e. The highest BCUT2D eigenvalue weighted by atomic mass is 16.5. The van der Waals surface area contributed by atoms with Gasteiger partial charge in [0.15, 0.2) is 0 Å². The van der Waals surface area contributed by atoms with E-state index in [1.54, 1.807) is 6.92 Å². The minimum Gasteiger partial charge on any atom is -0.492 e. The van der Waals surface area contributed by atoms with Crippen molar-refractivity contribution in [3.05, 3.63) is 24.3 Å². The highest BCUT2D eigenvalue weighted by Crippen LogP contribution is 2.25. The Morgan fingerprint density at radius 3 is 2.65 bits per heavy atom. The van der Waals surface area contributed by atoms with Gasteiger partial charge in [0.1, 0.15) is 5.75 Å². The lowest BCUT2D eigenvalue weighted by molar-refractivity contribution is -0.141. The number of anilines is 1. The van der Waals surface area contributed by atoms with E-state index in [9.17, 15) is 4.79 Å². The standard InChI is InChI=1S/C13H19NO3/c1-4-17-12-8-6-5-7-11(12)14-10(3)9(2)13(15)16/h5-10,14H,4H2,1-3H3,(H,15,16). The van der Waals surface area contributed by atoms with Crippen LogP contribution in [0.15, 0.2) is 24.3 Å². The Hall–Kier alpha value is -1.71. The third-order valence-corrected chi connectivity index (χ3v) is 2.71. The van der Waals surface area contributed by atoms with Crippen LogP contribution in [0.5, 0.6) is 5.75 Å². The van der Waals surface area contributed by atoms with Crippen molar-refractivity contribution in [3.8, 4) is 5.75 Å². The Kier molecular flexibility index (Phi) is 4.82. The number of carbonyl (C=O) groups is 1. The van der Waals surface area contributed by atoms with Gasteiger partial charge in [-0.25, -0.2) is 0 Å². The number of hydrogen-bond donors (Lipinski definition) is 2. The molecule has 0 aromatic heterocycles. The molecule has 0 heterocycles. The summed E-state index contributed by atoms with van der Waals surface area (Å²) in [6, 6.07) is 7.37. The van der Waals surface area contributed by atoms with Crippen LogP contribution in [0.4, 0.5) is 5.69 Å². The highest BCUT2D eigenvalue weighted by Gasteiger charge is 2.19. The van der Waals surface area contributed by atoms with Crippen LogP contribution in [0.1, 0.15) is 20.8 Å². The summed E-state index contributed by atoms with van der Waals surface area (Å²) in [5.41, 5.74) is 0.829. The average molecular weight is 237 g/mol. The van der Waals surface area contributed by atoms with Gasteiger partial charge in [-0.1, -0.05) is 12.1 Å². The lowest BCUT2D eigenvalue weighted by atomic mass is 10.0. The first-order valence-corrected chi connectivity index (χ1v) is 5.77. The summed E-state index contributed by atoms with van der Waals surface area (Å²) in [6.45, 7) is 6.03. The molecule has 1 rings (SSSR count). The second kappa shape index (κ2) is 6.13. The number of nitrogens with one attached hydrogen (secondary N) is 1. The number of carboxylic acid groups (broad SMARTS) is 1.